The molecular weight excluding hydrogens is 1030 g/mol. The van der Waals surface area contributed by atoms with Crippen LogP contribution in [0.15, 0.2) is 61.1 Å². The molecule has 7 heterocycles. The van der Waals surface area contributed by atoms with Gasteiger partial charge in [0.1, 0.15) is 65.3 Å². The highest BCUT2D eigenvalue weighted by atomic mass is 35.5. The van der Waals surface area contributed by atoms with Crippen LogP contribution in [0, 0.1) is 19.7 Å². The minimum absolute atomic E-state index is 0.0112. The number of hydrogen-bond acceptors (Lipinski definition) is 16. The molecule has 3 atom stereocenters. The van der Waals surface area contributed by atoms with Gasteiger partial charge in [-0.3, -0.25) is 4.90 Å². The van der Waals surface area contributed by atoms with Crippen molar-refractivity contribution in [2.24, 2.45) is 0 Å². The molecule has 3 aromatic heterocycles. The fourth-order valence-electron chi connectivity index (χ4n) is 10.3. The summed E-state index contributed by atoms with van der Waals surface area (Å²) in [5.41, 5.74) is 3.89. The predicted octanol–water partition coefficient (Wildman–Crippen LogP) is 10.6. The molecular formula is C57H65Cl2FN6O9S. The number of halogens is 3. The van der Waals surface area contributed by atoms with Crippen molar-refractivity contribution in [2.75, 3.05) is 72.8 Å². The second-order valence-electron chi connectivity index (χ2n) is 21.1. The van der Waals surface area contributed by atoms with Gasteiger partial charge in [-0.2, -0.15) is 0 Å². The summed E-state index contributed by atoms with van der Waals surface area (Å²) in [5, 5.41) is 1.16. The van der Waals surface area contributed by atoms with Gasteiger partial charge in [-0.1, -0.05) is 35.3 Å². The van der Waals surface area contributed by atoms with Crippen molar-refractivity contribution < 1.29 is 47.1 Å². The van der Waals surface area contributed by atoms with E-state index >= 15 is 0 Å². The van der Waals surface area contributed by atoms with Gasteiger partial charge >= 0.3 is 5.97 Å². The number of thiophene rings is 1. The molecule has 5 aliphatic rings. The fourth-order valence-corrected chi connectivity index (χ4v) is 11.9. The van der Waals surface area contributed by atoms with Crippen LogP contribution in [0.2, 0.25) is 10.0 Å². The highest BCUT2D eigenvalue weighted by molar-refractivity contribution is 7.22. The maximum absolute atomic E-state index is 14.6. The van der Waals surface area contributed by atoms with Crippen LogP contribution < -0.4 is 18.9 Å². The Kier molecular flexibility index (Phi) is 16.9. The zero-order valence-corrected chi connectivity index (χ0v) is 46.2. The average molecular weight is 1100 g/mol. The SMILES string of the molecule is Cc1c(Cl)c2c(Cl)c(C)c1-c1c(-c3ccc(F)cc3)sc3ncnc(c13)O[C@@H](C(=O)OC(C)(C)C)Cc1cc(ccc1OCc1ccnc(C3CCC(OC[C@@H]4COCCO4)CC3)n1)OC[C@@H](CN1CCN(C)CC1)O2. The molecule has 3 aromatic carbocycles. The first-order valence-electron chi connectivity index (χ1n) is 26.1. The molecule has 76 heavy (non-hydrogen) atoms. The van der Waals surface area contributed by atoms with Crippen LogP contribution in [0.5, 0.6) is 23.1 Å². The van der Waals surface area contributed by atoms with Gasteiger partial charge in [0.05, 0.1) is 53.7 Å². The summed E-state index contributed by atoms with van der Waals surface area (Å²) < 4.78 is 65.4. The summed E-state index contributed by atoms with van der Waals surface area (Å²) in [6, 6.07) is 13.7. The van der Waals surface area contributed by atoms with Crippen LogP contribution in [-0.4, -0.2) is 139 Å². The summed E-state index contributed by atoms with van der Waals surface area (Å²) in [6.07, 6.45) is 5.14. The number of esters is 1. The van der Waals surface area contributed by atoms with Crippen molar-refractivity contribution in [3.8, 4) is 44.7 Å². The molecule has 2 saturated heterocycles. The number of carbonyl (C=O) groups is 1. The van der Waals surface area contributed by atoms with Crippen LogP contribution in [0.4, 0.5) is 4.39 Å². The molecule has 1 saturated carbocycles. The number of nitrogens with zero attached hydrogens (tertiary/aromatic N) is 6. The Morgan fingerprint density at radius 2 is 1.64 bits per heavy atom. The van der Waals surface area contributed by atoms with E-state index in [-0.39, 0.29) is 49.5 Å². The highest BCUT2D eigenvalue weighted by Gasteiger charge is 2.34. The third-order valence-electron chi connectivity index (χ3n) is 14.3. The zero-order valence-electron chi connectivity index (χ0n) is 43.9. The number of benzene rings is 3. The van der Waals surface area contributed by atoms with E-state index in [1.165, 1.54) is 29.8 Å². The quantitative estimate of drug-likeness (QED) is 0.113. The average Bonchev–Trinajstić information content (AvgIpc) is 3.84. The summed E-state index contributed by atoms with van der Waals surface area (Å²) in [6.45, 7) is 15.9. The summed E-state index contributed by atoms with van der Waals surface area (Å²) in [7, 11) is 2.12. The first-order chi connectivity index (χ1) is 36.6. The van der Waals surface area contributed by atoms with Crippen LogP contribution in [0.1, 0.15) is 80.6 Å². The third-order valence-corrected chi connectivity index (χ3v) is 16.4. The van der Waals surface area contributed by atoms with Gasteiger partial charge in [0.15, 0.2) is 5.75 Å². The molecule has 0 radical (unpaired) electrons. The van der Waals surface area contributed by atoms with E-state index in [0.717, 1.165) is 68.1 Å². The zero-order chi connectivity index (χ0) is 53.1. The number of rotatable bonds is 11. The molecule has 1 aliphatic carbocycles. The van der Waals surface area contributed by atoms with Crippen molar-refractivity contribution in [2.45, 2.75) is 109 Å². The summed E-state index contributed by atoms with van der Waals surface area (Å²) in [5.74, 6) is 1.42. The van der Waals surface area contributed by atoms with Gasteiger partial charge in [0, 0.05) is 67.3 Å². The lowest BCUT2D eigenvalue weighted by atomic mass is 9.86. The molecule has 0 spiro atoms. The molecule has 11 rings (SSSR count). The smallest absolute Gasteiger partial charge is 0.348 e. The monoisotopic (exact) mass is 1100 g/mol. The molecule has 3 fully saturated rings. The maximum atomic E-state index is 14.6. The first kappa shape index (κ1) is 54.1. The molecule has 4 bridgehead atoms. The largest absolute Gasteiger partial charge is 0.490 e. The van der Waals surface area contributed by atoms with Gasteiger partial charge in [0.25, 0.3) is 0 Å². The van der Waals surface area contributed by atoms with Crippen molar-refractivity contribution in [3.05, 3.63) is 105 Å². The number of hydrogen-bond donors (Lipinski definition) is 0. The van der Waals surface area contributed by atoms with E-state index < -0.39 is 23.8 Å². The van der Waals surface area contributed by atoms with Crippen LogP contribution >= 0.6 is 34.5 Å². The van der Waals surface area contributed by atoms with Crippen LogP contribution in [0.25, 0.3) is 31.8 Å². The number of ether oxygens (including phenoxy) is 8. The van der Waals surface area contributed by atoms with E-state index in [0.29, 0.717) is 104 Å². The van der Waals surface area contributed by atoms with E-state index in [1.807, 2.05) is 58.9 Å². The van der Waals surface area contributed by atoms with Gasteiger partial charge in [-0.05, 0) is 126 Å². The second kappa shape index (κ2) is 23.8. The first-order valence-corrected chi connectivity index (χ1v) is 27.7. The van der Waals surface area contributed by atoms with E-state index in [9.17, 15) is 9.18 Å². The van der Waals surface area contributed by atoms with Gasteiger partial charge in [-0.15, -0.1) is 11.3 Å². The summed E-state index contributed by atoms with van der Waals surface area (Å²) >= 11 is 16.2. The molecule has 6 aromatic rings. The van der Waals surface area contributed by atoms with Crippen LogP contribution in [0.3, 0.4) is 0 Å². The topological polar surface area (TPSA) is 149 Å². The minimum atomic E-state index is -1.26. The molecule has 0 amide bonds. The van der Waals surface area contributed by atoms with Crippen molar-refractivity contribution in [1.29, 1.82) is 0 Å². The Morgan fingerprint density at radius 1 is 0.882 bits per heavy atom. The number of fused-ring (bicyclic) bond motifs is 7. The van der Waals surface area contributed by atoms with Crippen molar-refractivity contribution in [3.63, 3.8) is 0 Å². The standard InChI is InChI=1S/C57H65Cl2FN6O9S/c1-33-46-34(2)50(59)51(49(33)58)73-42(27-66-21-19-65(6)20-22-66)30-71-41-15-16-44(72-28-39-17-18-61-53(64-39)36-9-13-40(14-10-36)70-31-43-29-68-23-24-69-43)37(25-41)26-45(56(67)75-57(3,4)5)74-54-48-47(46)52(76-55(48)63-32-62-54)35-7-11-38(60)12-8-35/h7-8,11-12,15-18,25,32,36,40,42-43,45H,9-10,13-14,19-24,26-31H2,1-6H3/t36?,40?,42-,43+,45-/m1/s1. The minimum Gasteiger partial charge on any atom is -0.490 e. The summed E-state index contributed by atoms with van der Waals surface area (Å²) in [4.78, 5) is 39.8. The molecule has 404 valence electrons. The van der Waals surface area contributed by atoms with Gasteiger partial charge in [0.2, 0.25) is 12.0 Å². The molecule has 0 N–H and O–H groups in total. The molecule has 4 aliphatic heterocycles. The Balaban J connectivity index is 1.02. The van der Waals surface area contributed by atoms with E-state index in [4.69, 9.17) is 81.0 Å². The lowest BCUT2D eigenvalue weighted by molar-refractivity contribution is -0.163. The van der Waals surface area contributed by atoms with Crippen molar-refractivity contribution >= 4 is 50.7 Å². The second-order valence-corrected chi connectivity index (χ2v) is 22.8. The van der Waals surface area contributed by atoms with E-state index in [1.54, 1.807) is 18.3 Å². The Morgan fingerprint density at radius 3 is 2.37 bits per heavy atom. The van der Waals surface area contributed by atoms with E-state index in [2.05, 4.69) is 16.8 Å². The lowest BCUT2D eigenvalue weighted by Gasteiger charge is -2.35. The number of carbonyl (C=O) groups excluding carboxylic acids is 1. The Labute approximate surface area is 457 Å². The van der Waals surface area contributed by atoms with Crippen LogP contribution in [-0.2, 0) is 36.8 Å². The fraction of sp³-hybridized carbons (Fsp3) is 0.491. The lowest BCUT2D eigenvalue weighted by Crippen LogP contribution is -2.49. The predicted molar refractivity (Wildman–Crippen MR) is 290 cm³/mol. The molecule has 0 unspecified atom stereocenters. The Hall–Kier alpha value is -5.24. The Bertz CT molecular complexity index is 2980. The highest BCUT2D eigenvalue weighted by Crippen LogP contribution is 2.53. The van der Waals surface area contributed by atoms with Gasteiger partial charge in [-0.25, -0.2) is 29.1 Å². The maximum Gasteiger partial charge on any atom is 0.348 e. The normalized spacial score (nSPS) is 21.8. The van der Waals surface area contributed by atoms with Gasteiger partial charge < -0.3 is 42.8 Å². The third kappa shape index (κ3) is 12.7. The molecule has 15 nitrogen and oxygen atoms in total. The van der Waals surface area contributed by atoms with Crippen molar-refractivity contribution in [1.82, 2.24) is 29.7 Å². The number of piperazine rings is 1. The number of aromatic nitrogens is 4. The molecule has 19 heteroatoms. The number of likely N-dealkylation sites (N-methyl/N-ethyl adjacent to an activating group) is 1.